The molecule has 0 atom stereocenters. The highest BCUT2D eigenvalue weighted by atomic mass is 16.5. The maximum atomic E-state index is 5.86. The third kappa shape index (κ3) is 3.30. The van der Waals surface area contributed by atoms with Crippen LogP contribution in [0.1, 0.15) is 5.56 Å². The molecular weight excluding hydrogens is 326 g/mol. The molecule has 6 nitrogen and oxygen atoms in total. The van der Waals surface area contributed by atoms with Gasteiger partial charge in [0.2, 0.25) is 5.95 Å². The molecule has 0 aliphatic heterocycles. The van der Waals surface area contributed by atoms with E-state index < -0.39 is 0 Å². The van der Waals surface area contributed by atoms with Crippen LogP contribution in [0.5, 0.6) is 11.5 Å². The smallest absolute Gasteiger partial charge is 0.203 e. The molecule has 2 heterocycles. The zero-order chi connectivity index (χ0) is 17.9. The van der Waals surface area contributed by atoms with Crippen molar-refractivity contribution in [1.29, 1.82) is 0 Å². The maximum absolute atomic E-state index is 5.86. The Kier molecular flexibility index (Phi) is 4.15. The molecule has 4 aromatic rings. The fourth-order valence-corrected chi connectivity index (χ4v) is 2.76. The van der Waals surface area contributed by atoms with Gasteiger partial charge in [-0.3, -0.25) is 4.98 Å². The van der Waals surface area contributed by atoms with Crippen LogP contribution in [0.3, 0.4) is 0 Å². The summed E-state index contributed by atoms with van der Waals surface area (Å²) in [7, 11) is 1.97. The Bertz CT molecular complexity index is 1030. The lowest BCUT2D eigenvalue weighted by Crippen LogP contribution is -2.04. The second kappa shape index (κ2) is 6.76. The number of aryl methyl sites for hydroxylation is 1. The first-order valence-corrected chi connectivity index (χ1v) is 8.32. The van der Waals surface area contributed by atoms with Crippen LogP contribution in [0.4, 0.5) is 11.6 Å². The molecular formula is C20H19N5O. The molecule has 4 rings (SSSR count). The highest BCUT2D eigenvalue weighted by molar-refractivity contribution is 5.81. The Balaban J connectivity index is 1.44. The molecule has 0 unspecified atom stereocenters. The first kappa shape index (κ1) is 16.0. The van der Waals surface area contributed by atoms with Crippen molar-refractivity contribution < 1.29 is 4.74 Å². The van der Waals surface area contributed by atoms with Crippen LogP contribution in [0.15, 0.2) is 67.0 Å². The van der Waals surface area contributed by atoms with E-state index in [-0.39, 0.29) is 0 Å². The maximum Gasteiger partial charge on any atom is 0.203 e. The lowest BCUT2D eigenvalue weighted by atomic mass is 10.2. The summed E-state index contributed by atoms with van der Waals surface area (Å²) < 4.78 is 7.76. The second-order valence-corrected chi connectivity index (χ2v) is 6.03. The molecule has 0 saturated carbocycles. The molecule has 0 fully saturated rings. The van der Waals surface area contributed by atoms with Gasteiger partial charge in [0.05, 0.1) is 17.2 Å². The number of imidazole rings is 1. The molecule has 0 aliphatic carbocycles. The number of benzene rings is 2. The minimum atomic E-state index is 0.666. The average Bonchev–Trinajstić information content (AvgIpc) is 2.98. The third-order valence-electron chi connectivity index (χ3n) is 4.15. The van der Waals surface area contributed by atoms with Crippen LogP contribution in [0.2, 0.25) is 0 Å². The molecule has 0 saturated heterocycles. The molecule has 0 amide bonds. The van der Waals surface area contributed by atoms with Crippen LogP contribution >= 0.6 is 0 Å². The lowest BCUT2D eigenvalue weighted by Gasteiger charge is -2.08. The summed E-state index contributed by atoms with van der Waals surface area (Å²) >= 11 is 0. The molecule has 0 bridgehead atoms. The minimum Gasteiger partial charge on any atom is -0.456 e. The van der Waals surface area contributed by atoms with Crippen molar-refractivity contribution in [3.8, 4) is 11.5 Å². The number of aromatic nitrogens is 3. The van der Waals surface area contributed by atoms with Crippen LogP contribution in [0, 0.1) is 0 Å². The van der Waals surface area contributed by atoms with Crippen molar-refractivity contribution in [3.63, 3.8) is 0 Å². The molecule has 130 valence electrons. The molecule has 26 heavy (non-hydrogen) atoms. The van der Waals surface area contributed by atoms with Gasteiger partial charge in [-0.1, -0.05) is 12.1 Å². The molecule has 2 aromatic carbocycles. The van der Waals surface area contributed by atoms with Crippen molar-refractivity contribution in [2.45, 2.75) is 6.54 Å². The van der Waals surface area contributed by atoms with Crippen molar-refractivity contribution in [1.82, 2.24) is 14.5 Å². The zero-order valence-corrected chi connectivity index (χ0v) is 14.4. The van der Waals surface area contributed by atoms with E-state index >= 15 is 0 Å². The van der Waals surface area contributed by atoms with Gasteiger partial charge in [-0.15, -0.1) is 0 Å². The number of nitrogen functional groups attached to an aromatic ring is 1. The zero-order valence-electron chi connectivity index (χ0n) is 14.4. The Morgan fingerprint density at radius 3 is 2.69 bits per heavy atom. The number of pyridine rings is 1. The van der Waals surface area contributed by atoms with Crippen molar-refractivity contribution in [3.05, 3.63) is 72.6 Å². The van der Waals surface area contributed by atoms with E-state index in [9.17, 15) is 0 Å². The van der Waals surface area contributed by atoms with E-state index in [0.717, 1.165) is 39.7 Å². The normalized spacial score (nSPS) is 10.8. The molecule has 3 N–H and O–H groups in total. The van der Waals surface area contributed by atoms with Gasteiger partial charge in [-0.05, 0) is 48.0 Å². The summed E-state index contributed by atoms with van der Waals surface area (Å²) in [5.41, 5.74) is 9.65. The van der Waals surface area contributed by atoms with Gasteiger partial charge in [-0.25, -0.2) is 4.98 Å². The average molecular weight is 345 g/mol. The van der Waals surface area contributed by atoms with E-state index in [0.29, 0.717) is 6.54 Å². The van der Waals surface area contributed by atoms with E-state index in [1.54, 1.807) is 12.4 Å². The van der Waals surface area contributed by atoms with Crippen LogP contribution < -0.4 is 15.8 Å². The van der Waals surface area contributed by atoms with E-state index in [4.69, 9.17) is 10.5 Å². The van der Waals surface area contributed by atoms with Crippen molar-refractivity contribution >= 4 is 22.7 Å². The standard InChI is InChI=1S/C20H19N5O/c1-25-19-11-15(21)6-9-18(19)24-20(25)23-12-14-4-7-16(8-5-14)26-17-3-2-10-22-13-17/h2-11,13H,12,21H2,1H3,(H,23,24). The largest absolute Gasteiger partial charge is 0.456 e. The fraction of sp³-hybridized carbons (Fsp3) is 0.100. The van der Waals surface area contributed by atoms with Crippen molar-refractivity contribution in [2.24, 2.45) is 7.05 Å². The van der Waals surface area contributed by atoms with Crippen LogP contribution in [-0.2, 0) is 13.6 Å². The number of nitrogens with two attached hydrogens (primary N) is 1. The Hall–Kier alpha value is -3.54. The summed E-state index contributed by atoms with van der Waals surface area (Å²) in [6.45, 7) is 0.666. The molecule has 0 aliphatic rings. The second-order valence-electron chi connectivity index (χ2n) is 6.03. The topological polar surface area (TPSA) is 78.0 Å². The van der Waals surface area contributed by atoms with Crippen LogP contribution in [0.25, 0.3) is 11.0 Å². The molecule has 2 aromatic heterocycles. The number of hydrogen-bond acceptors (Lipinski definition) is 5. The van der Waals surface area contributed by atoms with Gasteiger partial charge >= 0.3 is 0 Å². The molecule has 0 spiro atoms. The van der Waals surface area contributed by atoms with Crippen molar-refractivity contribution in [2.75, 3.05) is 11.1 Å². The number of anilines is 2. The highest BCUT2D eigenvalue weighted by Crippen LogP contribution is 2.22. The predicted molar refractivity (Wildman–Crippen MR) is 103 cm³/mol. The highest BCUT2D eigenvalue weighted by Gasteiger charge is 2.07. The minimum absolute atomic E-state index is 0.666. The van der Waals surface area contributed by atoms with E-state index in [1.807, 2.05) is 66.2 Å². The molecule has 6 heteroatoms. The first-order chi connectivity index (χ1) is 12.7. The van der Waals surface area contributed by atoms with Gasteiger partial charge in [0.1, 0.15) is 11.5 Å². The number of nitrogens with zero attached hydrogens (tertiary/aromatic N) is 3. The summed E-state index contributed by atoms with van der Waals surface area (Å²) in [5, 5.41) is 3.37. The van der Waals surface area contributed by atoms with E-state index in [2.05, 4.69) is 15.3 Å². The predicted octanol–water partition coefficient (Wildman–Crippen LogP) is 3.95. The van der Waals surface area contributed by atoms with Crippen LogP contribution in [-0.4, -0.2) is 14.5 Å². The number of ether oxygens (including phenoxy) is 1. The summed E-state index contributed by atoms with van der Waals surface area (Å²) in [6, 6.07) is 17.4. The molecule has 0 radical (unpaired) electrons. The number of fused-ring (bicyclic) bond motifs is 1. The number of nitrogens with one attached hydrogen (secondary N) is 1. The monoisotopic (exact) mass is 345 g/mol. The summed E-state index contributed by atoms with van der Waals surface area (Å²) in [6.07, 6.45) is 3.41. The van der Waals surface area contributed by atoms with Gasteiger partial charge < -0.3 is 20.4 Å². The number of rotatable bonds is 5. The number of hydrogen-bond donors (Lipinski definition) is 2. The third-order valence-corrected chi connectivity index (χ3v) is 4.15. The lowest BCUT2D eigenvalue weighted by molar-refractivity contribution is 0.480. The Morgan fingerprint density at radius 2 is 1.92 bits per heavy atom. The van der Waals surface area contributed by atoms with E-state index in [1.165, 1.54) is 0 Å². The summed E-state index contributed by atoms with van der Waals surface area (Å²) in [5.74, 6) is 2.30. The van der Waals surface area contributed by atoms with Gasteiger partial charge in [0.25, 0.3) is 0 Å². The van der Waals surface area contributed by atoms with Gasteiger partial charge in [0, 0.05) is 25.5 Å². The summed E-state index contributed by atoms with van der Waals surface area (Å²) in [4.78, 5) is 8.65. The first-order valence-electron chi connectivity index (χ1n) is 8.32. The quantitative estimate of drug-likeness (QED) is 0.535. The Morgan fingerprint density at radius 1 is 1.08 bits per heavy atom. The SMILES string of the molecule is Cn1c(NCc2ccc(Oc3cccnc3)cc2)nc2ccc(N)cc21. The van der Waals surface area contributed by atoms with Gasteiger partial charge in [-0.2, -0.15) is 0 Å². The Labute approximate surface area is 151 Å². The fourth-order valence-electron chi connectivity index (χ4n) is 2.76. The van der Waals surface area contributed by atoms with Gasteiger partial charge in [0.15, 0.2) is 0 Å².